The summed E-state index contributed by atoms with van der Waals surface area (Å²) in [6, 6.07) is 1.77. The molecule has 1 saturated heterocycles. The van der Waals surface area contributed by atoms with Crippen LogP contribution in [-0.2, 0) is 4.74 Å². The normalized spacial score (nSPS) is 55.4. The first-order valence-electron chi connectivity index (χ1n) is 8.97. The number of ether oxygens (including phenoxy) is 1. The maximum Gasteiger partial charge on any atom is 0.0575 e. The third-order valence-electron chi connectivity index (χ3n) is 7.63. The van der Waals surface area contributed by atoms with E-state index >= 15 is 0 Å². The first-order chi connectivity index (χ1) is 9.72. The average molecular weight is 277 g/mol. The topological polar surface area (TPSA) is 12.5 Å². The number of rotatable bonds is 1. The Morgan fingerprint density at radius 3 is 2.45 bits per heavy atom. The number of hydrogen-bond donors (Lipinski definition) is 0. The monoisotopic (exact) mass is 277 g/mol. The first kappa shape index (κ1) is 13.6. The molecule has 3 aliphatic carbocycles. The van der Waals surface area contributed by atoms with Crippen LogP contribution in [0.5, 0.6) is 0 Å². The summed E-state index contributed by atoms with van der Waals surface area (Å²) in [5.41, 5.74) is 0. The Balaban J connectivity index is 1.62. The molecular weight excluding hydrogens is 246 g/mol. The SMILES string of the molecule is COC1CCC2C(C1)C1C(C)C3CCCCC3C1N2C. The third kappa shape index (κ3) is 1.76. The molecule has 0 aromatic rings. The largest absolute Gasteiger partial charge is 0.381 e. The Morgan fingerprint density at radius 1 is 0.950 bits per heavy atom. The lowest BCUT2D eigenvalue weighted by Crippen LogP contribution is -2.42. The maximum absolute atomic E-state index is 5.72. The van der Waals surface area contributed by atoms with Crippen LogP contribution in [0.3, 0.4) is 0 Å². The molecule has 20 heavy (non-hydrogen) atoms. The van der Waals surface area contributed by atoms with Gasteiger partial charge in [-0.3, -0.25) is 4.90 Å². The van der Waals surface area contributed by atoms with Gasteiger partial charge in [0.15, 0.2) is 0 Å². The smallest absolute Gasteiger partial charge is 0.0575 e. The molecule has 8 unspecified atom stereocenters. The molecule has 2 heteroatoms. The lowest BCUT2D eigenvalue weighted by molar-refractivity contribution is 0.0174. The van der Waals surface area contributed by atoms with Gasteiger partial charge in [0.1, 0.15) is 0 Å². The van der Waals surface area contributed by atoms with Crippen LogP contribution in [0, 0.1) is 29.6 Å². The first-order valence-corrected chi connectivity index (χ1v) is 8.97. The van der Waals surface area contributed by atoms with Crippen LogP contribution in [0.2, 0.25) is 0 Å². The second kappa shape index (κ2) is 4.98. The predicted molar refractivity (Wildman–Crippen MR) is 81.6 cm³/mol. The van der Waals surface area contributed by atoms with Crippen molar-refractivity contribution in [3.8, 4) is 0 Å². The Kier molecular flexibility index (Phi) is 3.38. The molecule has 4 aliphatic rings. The van der Waals surface area contributed by atoms with Gasteiger partial charge in [-0.25, -0.2) is 0 Å². The minimum Gasteiger partial charge on any atom is -0.381 e. The third-order valence-corrected chi connectivity index (χ3v) is 7.63. The van der Waals surface area contributed by atoms with Gasteiger partial charge in [0.2, 0.25) is 0 Å². The molecule has 2 nitrogen and oxygen atoms in total. The van der Waals surface area contributed by atoms with Crippen LogP contribution in [0.25, 0.3) is 0 Å². The molecule has 3 saturated carbocycles. The standard InChI is InChI=1S/C18H31NO/c1-11-13-6-4-5-7-14(13)18-17(11)15-10-12(20-3)8-9-16(15)19(18)2/h11-18H,4-10H2,1-3H3. The molecule has 1 heterocycles. The minimum atomic E-state index is 0.540. The van der Waals surface area contributed by atoms with E-state index in [0.717, 1.165) is 41.7 Å². The van der Waals surface area contributed by atoms with Crippen LogP contribution in [-0.4, -0.2) is 37.2 Å². The Hall–Kier alpha value is -0.0800. The maximum atomic E-state index is 5.72. The molecule has 0 amide bonds. The van der Waals surface area contributed by atoms with Gasteiger partial charge >= 0.3 is 0 Å². The lowest BCUT2D eigenvalue weighted by Gasteiger charge is -2.40. The lowest BCUT2D eigenvalue weighted by atomic mass is 9.72. The second-order valence-electron chi connectivity index (χ2n) is 8.11. The van der Waals surface area contributed by atoms with Crippen molar-refractivity contribution in [2.45, 2.75) is 70.1 Å². The van der Waals surface area contributed by atoms with E-state index in [-0.39, 0.29) is 0 Å². The molecule has 0 aromatic heterocycles. The summed E-state index contributed by atoms with van der Waals surface area (Å²) in [6.45, 7) is 2.58. The highest BCUT2D eigenvalue weighted by Crippen LogP contribution is 2.59. The van der Waals surface area contributed by atoms with E-state index < -0.39 is 0 Å². The van der Waals surface area contributed by atoms with Gasteiger partial charge in [0, 0.05) is 19.2 Å². The summed E-state index contributed by atoms with van der Waals surface area (Å²) in [5.74, 6) is 4.89. The van der Waals surface area contributed by atoms with Crippen molar-refractivity contribution in [3.63, 3.8) is 0 Å². The van der Waals surface area contributed by atoms with E-state index in [9.17, 15) is 0 Å². The van der Waals surface area contributed by atoms with Crippen molar-refractivity contribution in [2.24, 2.45) is 29.6 Å². The van der Waals surface area contributed by atoms with Crippen molar-refractivity contribution in [1.29, 1.82) is 0 Å². The average Bonchev–Trinajstić information content (AvgIpc) is 2.95. The molecule has 0 radical (unpaired) electrons. The highest BCUT2D eigenvalue weighted by molar-refractivity contribution is 5.11. The number of fused-ring (bicyclic) bond motifs is 5. The Labute approximate surface area is 124 Å². The van der Waals surface area contributed by atoms with Gasteiger partial charge in [-0.15, -0.1) is 0 Å². The van der Waals surface area contributed by atoms with Crippen LogP contribution in [0.15, 0.2) is 0 Å². The number of methoxy groups -OCH3 is 1. The minimum absolute atomic E-state index is 0.540. The Bertz CT molecular complexity index is 370. The second-order valence-corrected chi connectivity index (χ2v) is 8.11. The predicted octanol–water partition coefficient (Wildman–Crippen LogP) is 3.56. The van der Waals surface area contributed by atoms with E-state index in [1.807, 2.05) is 7.11 Å². The number of likely N-dealkylation sites (tertiary alicyclic amines) is 1. The highest BCUT2D eigenvalue weighted by atomic mass is 16.5. The molecule has 0 spiro atoms. The number of nitrogens with zero attached hydrogens (tertiary/aromatic N) is 1. The molecule has 4 fully saturated rings. The molecule has 8 atom stereocenters. The van der Waals surface area contributed by atoms with Gasteiger partial charge in [0.05, 0.1) is 6.10 Å². The fourth-order valence-corrected chi connectivity index (χ4v) is 6.87. The molecule has 4 rings (SSSR count). The van der Waals surface area contributed by atoms with Crippen LogP contribution in [0.4, 0.5) is 0 Å². The van der Waals surface area contributed by atoms with Crippen molar-refractivity contribution < 1.29 is 4.74 Å². The van der Waals surface area contributed by atoms with Crippen LogP contribution in [0.1, 0.15) is 51.9 Å². The van der Waals surface area contributed by atoms with Gasteiger partial charge < -0.3 is 4.74 Å². The summed E-state index contributed by atoms with van der Waals surface area (Å²) in [6.07, 6.45) is 10.5. The van der Waals surface area contributed by atoms with Crippen LogP contribution < -0.4 is 0 Å². The van der Waals surface area contributed by atoms with Gasteiger partial charge in [0.25, 0.3) is 0 Å². The number of hydrogen-bond acceptors (Lipinski definition) is 2. The van der Waals surface area contributed by atoms with E-state index in [4.69, 9.17) is 4.74 Å². The summed E-state index contributed by atoms with van der Waals surface area (Å²) in [7, 11) is 4.36. The van der Waals surface area contributed by atoms with E-state index in [1.54, 1.807) is 0 Å². The van der Waals surface area contributed by atoms with Gasteiger partial charge in [-0.05, 0) is 68.7 Å². The fraction of sp³-hybridized carbons (Fsp3) is 1.00. The van der Waals surface area contributed by atoms with Crippen LogP contribution >= 0.6 is 0 Å². The van der Waals surface area contributed by atoms with E-state index in [2.05, 4.69) is 18.9 Å². The molecule has 0 bridgehead atoms. The molecule has 0 N–H and O–H groups in total. The zero-order chi connectivity index (χ0) is 13.9. The summed E-state index contributed by atoms with van der Waals surface area (Å²) < 4.78 is 5.72. The van der Waals surface area contributed by atoms with Crippen molar-refractivity contribution in [1.82, 2.24) is 4.90 Å². The van der Waals surface area contributed by atoms with Crippen molar-refractivity contribution >= 4 is 0 Å². The van der Waals surface area contributed by atoms with Crippen molar-refractivity contribution in [3.05, 3.63) is 0 Å². The molecule has 0 aromatic carbocycles. The van der Waals surface area contributed by atoms with E-state index in [0.29, 0.717) is 6.10 Å². The molecule has 114 valence electrons. The zero-order valence-electron chi connectivity index (χ0n) is 13.4. The Morgan fingerprint density at radius 2 is 1.70 bits per heavy atom. The summed E-state index contributed by atoms with van der Waals surface area (Å²) in [4.78, 5) is 2.83. The summed E-state index contributed by atoms with van der Waals surface area (Å²) in [5, 5.41) is 0. The fourth-order valence-electron chi connectivity index (χ4n) is 6.87. The highest BCUT2D eigenvalue weighted by Gasteiger charge is 2.60. The molecule has 1 aliphatic heterocycles. The van der Waals surface area contributed by atoms with Gasteiger partial charge in [-0.1, -0.05) is 19.8 Å². The zero-order valence-corrected chi connectivity index (χ0v) is 13.4. The van der Waals surface area contributed by atoms with E-state index in [1.165, 1.54) is 44.9 Å². The van der Waals surface area contributed by atoms with Crippen molar-refractivity contribution in [2.75, 3.05) is 14.2 Å². The summed E-state index contributed by atoms with van der Waals surface area (Å²) >= 11 is 0. The quantitative estimate of drug-likeness (QED) is 0.726. The molecular formula is C18H31NO. The van der Waals surface area contributed by atoms with Gasteiger partial charge in [-0.2, -0.15) is 0 Å².